The predicted octanol–water partition coefficient (Wildman–Crippen LogP) is 3.97. The van der Waals surface area contributed by atoms with E-state index < -0.39 is 5.82 Å². The van der Waals surface area contributed by atoms with E-state index in [0.717, 1.165) is 0 Å². The third-order valence-corrected chi connectivity index (χ3v) is 2.93. The van der Waals surface area contributed by atoms with Crippen molar-refractivity contribution in [2.75, 3.05) is 0 Å². The predicted molar refractivity (Wildman–Crippen MR) is 70.2 cm³/mol. The van der Waals surface area contributed by atoms with Crippen molar-refractivity contribution in [1.82, 2.24) is 0 Å². The maximum atomic E-state index is 13.5. The first-order chi connectivity index (χ1) is 9.04. The van der Waals surface area contributed by atoms with Crippen LogP contribution >= 0.6 is 11.6 Å². The van der Waals surface area contributed by atoms with Crippen molar-refractivity contribution in [3.8, 4) is 0 Å². The minimum atomic E-state index is -0.500. The first-order valence-electron chi connectivity index (χ1n) is 5.74. The number of rotatable bonds is 4. The molecule has 0 unspecified atom stereocenters. The van der Waals surface area contributed by atoms with Crippen LogP contribution in [0.5, 0.6) is 0 Å². The van der Waals surface area contributed by atoms with Crippen molar-refractivity contribution in [3.05, 3.63) is 70.2 Å². The molecule has 0 radical (unpaired) electrons. The summed E-state index contributed by atoms with van der Waals surface area (Å²) in [5, 5.41) is 0.291. The van der Waals surface area contributed by atoms with Crippen LogP contribution in [-0.4, -0.2) is 5.78 Å². The fourth-order valence-corrected chi connectivity index (χ4v) is 1.97. The van der Waals surface area contributed by atoms with Gasteiger partial charge >= 0.3 is 0 Å². The van der Waals surface area contributed by atoms with Crippen LogP contribution in [0.1, 0.15) is 11.1 Å². The zero-order chi connectivity index (χ0) is 13.8. The molecule has 4 heteroatoms. The van der Waals surface area contributed by atoms with E-state index in [4.69, 9.17) is 11.6 Å². The Hall–Kier alpha value is -1.74. The Kier molecular flexibility index (Phi) is 4.27. The molecule has 0 atom stereocenters. The van der Waals surface area contributed by atoms with Gasteiger partial charge in [-0.1, -0.05) is 29.8 Å². The highest BCUT2D eigenvalue weighted by Gasteiger charge is 2.10. The summed E-state index contributed by atoms with van der Waals surface area (Å²) in [6.45, 7) is 0. The number of carbonyl (C=O) groups excluding carboxylic acids is 1. The second-order valence-electron chi connectivity index (χ2n) is 4.26. The van der Waals surface area contributed by atoms with Crippen LogP contribution in [0.15, 0.2) is 42.5 Å². The summed E-state index contributed by atoms with van der Waals surface area (Å²) in [4.78, 5) is 11.8. The second kappa shape index (κ2) is 5.93. The summed E-state index contributed by atoms with van der Waals surface area (Å²) < 4.78 is 26.5. The summed E-state index contributed by atoms with van der Waals surface area (Å²) >= 11 is 5.63. The lowest BCUT2D eigenvalue weighted by Gasteiger charge is -2.04. The summed E-state index contributed by atoms with van der Waals surface area (Å²) in [6.07, 6.45) is 0.0549. The first kappa shape index (κ1) is 13.7. The molecule has 0 fully saturated rings. The van der Waals surface area contributed by atoms with Crippen LogP contribution < -0.4 is 0 Å². The molecule has 0 aliphatic rings. The van der Waals surface area contributed by atoms with Gasteiger partial charge in [0.2, 0.25) is 0 Å². The highest BCUT2D eigenvalue weighted by molar-refractivity contribution is 6.30. The van der Waals surface area contributed by atoms with Gasteiger partial charge in [-0.05, 0) is 35.4 Å². The van der Waals surface area contributed by atoms with Gasteiger partial charge in [0.05, 0.1) is 0 Å². The molecule has 0 aromatic heterocycles. The van der Waals surface area contributed by atoms with Crippen molar-refractivity contribution < 1.29 is 13.6 Å². The average molecular weight is 281 g/mol. The summed E-state index contributed by atoms with van der Waals surface area (Å²) in [5.74, 6) is -1.06. The zero-order valence-electron chi connectivity index (χ0n) is 10.00. The molecule has 0 spiro atoms. The van der Waals surface area contributed by atoms with Gasteiger partial charge in [-0.3, -0.25) is 4.79 Å². The number of Topliss-reactive ketones (excluding diaryl/α,β-unsaturated/α-hetero) is 1. The lowest BCUT2D eigenvalue weighted by molar-refractivity contribution is -0.117. The van der Waals surface area contributed by atoms with Gasteiger partial charge in [0.15, 0.2) is 0 Å². The van der Waals surface area contributed by atoms with E-state index in [0.29, 0.717) is 16.1 Å². The lowest BCUT2D eigenvalue weighted by atomic mass is 10.0. The molecule has 1 nitrogen and oxygen atoms in total. The number of hydrogen-bond donors (Lipinski definition) is 0. The third kappa shape index (κ3) is 3.86. The smallest absolute Gasteiger partial charge is 0.141 e. The lowest BCUT2D eigenvalue weighted by Crippen LogP contribution is -2.08. The molecule has 0 bridgehead atoms. The van der Waals surface area contributed by atoms with Gasteiger partial charge in [-0.2, -0.15) is 0 Å². The Morgan fingerprint density at radius 2 is 1.84 bits per heavy atom. The van der Waals surface area contributed by atoms with Crippen LogP contribution in [0.2, 0.25) is 5.02 Å². The molecule has 19 heavy (non-hydrogen) atoms. The minimum absolute atomic E-state index is 0.0283. The van der Waals surface area contributed by atoms with Gasteiger partial charge in [0.1, 0.15) is 17.4 Å². The molecule has 0 aliphatic heterocycles. The number of ketones is 1. The quantitative estimate of drug-likeness (QED) is 0.828. The van der Waals surface area contributed by atoms with Gasteiger partial charge in [0, 0.05) is 17.9 Å². The number of carbonyl (C=O) groups is 1. The number of halogens is 3. The van der Waals surface area contributed by atoms with Gasteiger partial charge in [-0.15, -0.1) is 0 Å². The normalized spacial score (nSPS) is 10.5. The highest BCUT2D eigenvalue weighted by atomic mass is 35.5. The van der Waals surface area contributed by atoms with Gasteiger partial charge in [-0.25, -0.2) is 8.78 Å². The van der Waals surface area contributed by atoms with Gasteiger partial charge < -0.3 is 0 Å². The molecule has 0 N–H and O–H groups in total. The topological polar surface area (TPSA) is 17.1 Å². The van der Waals surface area contributed by atoms with E-state index in [1.54, 1.807) is 12.1 Å². The molecule has 98 valence electrons. The molecule has 2 aromatic rings. The van der Waals surface area contributed by atoms with Gasteiger partial charge in [0.25, 0.3) is 0 Å². The molecule has 0 saturated heterocycles. The molecule has 2 rings (SSSR count). The molecule has 0 saturated carbocycles. The Balaban J connectivity index is 2.05. The largest absolute Gasteiger partial charge is 0.299 e. The SMILES string of the molecule is O=C(Cc1cccc(F)c1)Cc1ccc(Cl)cc1F. The molecular formula is C15H11ClF2O. The molecule has 2 aromatic carbocycles. The Morgan fingerprint density at radius 1 is 1.05 bits per heavy atom. The Labute approximate surface area is 114 Å². The number of hydrogen-bond acceptors (Lipinski definition) is 1. The second-order valence-corrected chi connectivity index (χ2v) is 4.69. The average Bonchev–Trinajstić information content (AvgIpc) is 2.33. The molecule has 0 heterocycles. The summed E-state index contributed by atoms with van der Waals surface area (Å²) in [6, 6.07) is 10.0. The molecular weight excluding hydrogens is 270 g/mol. The van der Waals surface area contributed by atoms with Crippen molar-refractivity contribution in [2.24, 2.45) is 0 Å². The van der Waals surface area contributed by atoms with Crippen LogP contribution in [0.4, 0.5) is 8.78 Å². The fourth-order valence-electron chi connectivity index (χ4n) is 1.81. The van der Waals surface area contributed by atoms with Crippen LogP contribution in [0.3, 0.4) is 0 Å². The highest BCUT2D eigenvalue weighted by Crippen LogP contribution is 2.16. The van der Waals surface area contributed by atoms with E-state index in [1.165, 1.54) is 30.3 Å². The first-order valence-corrected chi connectivity index (χ1v) is 6.12. The Morgan fingerprint density at radius 3 is 2.53 bits per heavy atom. The van der Waals surface area contributed by atoms with Crippen molar-refractivity contribution >= 4 is 17.4 Å². The maximum Gasteiger partial charge on any atom is 0.141 e. The van der Waals surface area contributed by atoms with Crippen molar-refractivity contribution in [2.45, 2.75) is 12.8 Å². The fraction of sp³-hybridized carbons (Fsp3) is 0.133. The maximum absolute atomic E-state index is 13.5. The zero-order valence-corrected chi connectivity index (χ0v) is 10.8. The minimum Gasteiger partial charge on any atom is -0.299 e. The van der Waals surface area contributed by atoms with E-state index in [1.807, 2.05) is 0 Å². The summed E-state index contributed by atoms with van der Waals surface area (Å²) in [5.41, 5.74) is 0.880. The molecule has 0 aliphatic carbocycles. The van der Waals surface area contributed by atoms with Crippen molar-refractivity contribution in [1.29, 1.82) is 0 Å². The van der Waals surface area contributed by atoms with Crippen LogP contribution in [0.25, 0.3) is 0 Å². The number of benzene rings is 2. The van der Waals surface area contributed by atoms with E-state index in [2.05, 4.69) is 0 Å². The van der Waals surface area contributed by atoms with Crippen molar-refractivity contribution in [3.63, 3.8) is 0 Å². The van der Waals surface area contributed by atoms with E-state index in [9.17, 15) is 13.6 Å². The van der Waals surface area contributed by atoms with Crippen LogP contribution in [-0.2, 0) is 17.6 Å². The Bertz CT molecular complexity index is 611. The summed E-state index contributed by atoms with van der Waals surface area (Å²) in [7, 11) is 0. The third-order valence-electron chi connectivity index (χ3n) is 2.69. The standard InChI is InChI=1S/C15H11ClF2O/c16-12-5-4-11(15(18)9-12)8-14(19)7-10-2-1-3-13(17)6-10/h1-6,9H,7-8H2. The van der Waals surface area contributed by atoms with E-state index in [-0.39, 0.29) is 24.4 Å². The molecule has 0 amide bonds. The van der Waals surface area contributed by atoms with E-state index >= 15 is 0 Å². The monoisotopic (exact) mass is 280 g/mol. The van der Waals surface area contributed by atoms with Crippen LogP contribution in [0, 0.1) is 11.6 Å².